The number of hydrogen-bond donors (Lipinski definition) is 0. The molecule has 124 valence electrons. The van der Waals surface area contributed by atoms with Gasteiger partial charge in [-0.15, -0.1) is 10.2 Å². The van der Waals surface area contributed by atoms with E-state index in [0.29, 0.717) is 25.0 Å². The fourth-order valence-electron chi connectivity index (χ4n) is 3.18. The van der Waals surface area contributed by atoms with E-state index in [4.69, 9.17) is 0 Å². The Kier molecular flexibility index (Phi) is 4.26. The van der Waals surface area contributed by atoms with Crippen molar-refractivity contribution < 1.29 is 8.42 Å². The van der Waals surface area contributed by atoms with Gasteiger partial charge in [0, 0.05) is 25.0 Å². The van der Waals surface area contributed by atoms with E-state index < -0.39 is 10.0 Å². The monoisotopic (exact) mass is 327 g/mol. The largest absolute Gasteiger partial charge is 0.311 e. The maximum absolute atomic E-state index is 11.6. The fraction of sp³-hybridized carbons (Fsp3) is 0.857. The maximum Gasteiger partial charge on any atom is 0.211 e. The Morgan fingerprint density at radius 1 is 1.14 bits per heavy atom. The number of piperidine rings is 1. The first-order valence-corrected chi connectivity index (χ1v) is 9.74. The topological polar surface area (TPSA) is 71.3 Å². The van der Waals surface area contributed by atoms with Crippen molar-refractivity contribution in [1.29, 1.82) is 0 Å². The van der Waals surface area contributed by atoms with E-state index in [1.807, 2.05) is 14.1 Å². The van der Waals surface area contributed by atoms with Crippen LogP contribution in [0.1, 0.15) is 49.3 Å². The van der Waals surface area contributed by atoms with E-state index in [0.717, 1.165) is 31.0 Å². The second-order valence-electron chi connectivity index (χ2n) is 6.75. The van der Waals surface area contributed by atoms with Crippen LogP contribution in [0.3, 0.4) is 0 Å². The van der Waals surface area contributed by atoms with Crippen LogP contribution >= 0.6 is 0 Å². The van der Waals surface area contributed by atoms with Crippen molar-refractivity contribution in [2.24, 2.45) is 0 Å². The van der Waals surface area contributed by atoms with Gasteiger partial charge in [0.2, 0.25) is 10.0 Å². The fourth-order valence-corrected chi connectivity index (χ4v) is 4.06. The summed E-state index contributed by atoms with van der Waals surface area (Å²) < 4.78 is 27.1. The zero-order valence-corrected chi connectivity index (χ0v) is 14.4. The van der Waals surface area contributed by atoms with E-state index in [-0.39, 0.29) is 0 Å². The van der Waals surface area contributed by atoms with E-state index in [1.54, 1.807) is 4.31 Å². The Labute approximate surface area is 132 Å². The molecule has 0 aromatic carbocycles. The van der Waals surface area contributed by atoms with Crippen molar-refractivity contribution in [2.45, 2.75) is 44.2 Å². The Balaban J connectivity index is 1.77. The second-order valence-corrected chi connectivity index (χ2v) is 8.73. The van der Waals surface area contributed by atoms with Gasteiger partial charge in [0.25, 0.3) is 0 Å². The molecule has 0 N–H and O–H groups in total. The molecule has 0 atom stereocenters. The molecule has 1 aliphatic heterocycles. The molecule has 0 amide bonds. The highest BCUT2D eigenvalue weighted by Gasteiger charge is 2.34. The van der Waals surface area contributed by atoms with Crippen molar-refractivity contribution in [3.05, 3.63) is 11.6 Å². The van der Waals surface area contributed by atoms with Gasteiger partial charge in [-0.05, 0) is 39.8 Å². The highest BCUT2D eigenvalue weighted by Crippen LogP contribution is 2.40. The van der Waals surface area contributed by atoms with E-state index >= 15 is 0 Å². The van der Waals surface area contributed by atoms with Crippen LogP contribution in [0, 0.1) is 0 Å². The molecule has 0 radical (unpaired) electrons. The number of nitrogens with zero attached hydrogens (tertiary/aromatic N) is 5. The molecule has 7 nitrogen and oxygen atoms in total. The van der Waals surface area contributed by atoms with Gasteiger partial charge >= 0.3 is 0 Å². The molecule has 2 fully saturated rings. The summed E-state index contributed by atoms with van der Waals surface area (Å²) in [5.41, 5.74) is 0. The highest BCUT2D eigenvalue weighted by molar-refractivity contribution is 7.88. The quantitative estimate of drug-likeness (QED) is 0.800. The van der Waals surface area contributed by atoms with Crippen molar-refractivity contribution in [1.82, 2.24) is 24.0 Å². The molecular weight excluding hydrogens is 302 g/mol. The molecule has 1 aromatic heterocycles. The van der Waals surface area contributed by atoms with Crippen molar-refractivity contribution in [3.63, 3.8) is 0 Å². The summed E-state index contributed by atoms with van der Waals surface area (Å²) >= 11 is 0. The molecule has 0 unspecified atom stereocenters. The number of aromatic nitrogens is 3. The van der Waals surface area contributed by atoms with E-state index in [1.165, 1.54) is 19.1 Å². The Hall–Kier alpha value is -0.990. The third-order valence-electron chi connectivity index (χ3n) is 4.45. The van der Waals surface area contributed by atoms with Gasteiger partial charge in [0.1, 0.15) is 11.6 Å². The summed E-state index contributed by atoms with van der Waals surface area (Å²) in [6, 6.07) is 0.549. The molecular formula is C14H25N5O2S. The molecule has 1 saturated carbocycles. The van der Waals surface area contributed by atoms with Crippen LogP contribution in [-0.2, 0) is 16.6 Å². The lowest BCUT2D eigenvalue weighted by Crippen LogP contribution is -2.37. The lowest BCUT2D eigenvalue weighted by Gasteiger charge is -2.30. The van der Waals surface area contributed by atoms with Crippen molar-refractivity contribution >= 4 is 10.0 Å². The van der Waals surface area contributed by atoms with Crippen LogP contribution in [0.5, 0.6) is 0 Å². The highest BCUT2D eigenvalue weighted by atomic mass is 32.2. The van der Waals surface area contributed by atoms with Gasteiger partial charge in [-0.2, -0.15) is 0 Å². The van der Waals surface area contributed by atoms with Crippen LogP contribution < -0.4 is 0 Å². The lowest BCUT2D eigenvalue weighted by atomic mass is 9.97. The Morgan fingerprint density at radius 3 is 2.27 bits per heavy atom. The Morgan fingerprint density at radius 2 is 1.77 bits per heavy atom. The summed E-state index contributed by atoms with van der Waals surface area (Å²) in [4.78, 5) is 2.11. The molecule has 0 spiro atoms. The normalized spacial score (nSPS) is 21.6. The van der Waals surface area contributed by atoms with Gasteiger partial charge < -0.3 is 9.47 Å². The third-order valence-corrected chi connectivity index (χ3v) is 5.75. The smallest absolute Gasteiger partial charge is 0.211 e. The zero-order chi connectivity index (χ0) is 15.9. The standard InChI is InChI=1S/C14H25N5O2S/c1-17(2)10-13-15-16-14(19(13)12-4-5-12)11-6-8-18(9-7-11)22(3,20)21/h11-12H,4-10H2,1-3H3. The molecule has 0 bridgehead atoms. The first-order chi connectivity index (χ1) is 10.4. The van der Waals surface area contributed by atoms with Gasteiger partial charge in [-0.25, -0.2) is 12.7 Å². The lowest BCUT2D eigenvalue weighted by molar-refractivity contribution is 0.309. The predicted octanol–water partition coefficient (Wildman–Crippen LogP) is 0.814. The van der Waals surface area contributed by atoms with Crippen LogP contribution in [-0.4, -0.2) is 65.8 Å². The SMILES string of the molecule is CN(C)Cc1nnc(C2CCN(S(C)(=O)=O)CC2)n1C1CC1. The van der Waals surface area contributed by atoms with Gasteiger partial charge in [-0.1, -0.05) is 0 Å². The molecule has 3 rings (SSSR count). The average molecular weight is 327 g/mol. The molecule has 22 heavy (non-hydrogen) atoms. The van der Waals surface area contributed by atoms with Crippen LogP contribution in [0.2, 0.25) is 0 Å². The Bertz CT molecular complexity index is 628. The minimum absolute atomic E-state index is 0.321. The van der Waals surface area contributed by atoms with Crippen LogP contribution in [0.15, 0.2) is 0 Å². The van der Waals surface area contributed by atoms with E-state index in [9.17, 15) is 8.42 Å². The minimum atomic E-state index is -3.07. The maximum atomic E-state index is 11.6. The zero-order valence-electron chi connectivity index (χ0n) is 13.6. The van der Waals surface area contributed by atoms with Crippen molar-refractivity contribution in [3.8, 4) is 0 Å². The number of hydrogen-bond acceptors (Lipinski definition) is 5. The summed E-state index contributed by atoms with van der Waals surface area (Å²) in [6.45, 7) is 1.97. The summed E-state index contributed by atoms with van der Waals surface area (Å²) in [5.74, 6) is 2.42. The van der Waals surface area contributed by atoms with Gasteiger partial charge in [0.15, 0.2) is 0 Å². The van der Waals surface area contributed by atoms with Crippen LogP contribution in [0.4, 0.5) is 0 Å². The first kappa shape index (κ1) is 15.9. The summed E-state index contributed by atoms with van der Waals surface area (Å²) in [6.07, 6.45) is 5.36. The molecule has 8 heteroatoms. The molecule has 1 aromatic rings. The third kappa shape index (κ3) is 3.33. The molecule has 2 aliphatic rings. The van der Waals surface area contributed by atoms with Crippen LogP contribution in [0.25, 0.3) is 0 Å². The number of sulfonamides is 1. The molecule has 1 aliphatic carbocycles. The predicted molar refractivity (Wildman–Crippen MR) is 84.1 cm³/mol. The minimum Gasteiger partial charge on any atom is -0.311 e. The average Bonchev–Trinajstić information content (AvgIpc) is 3.19. The van der Waals surface area contributed by atoms with Gasteiger partial charge in [-0.3, -0.25) is 0 Å². The molecule has 2 heterocycles. The van der Waals surface area contributed by atoms with Crippen molar-refractivity contribution in [2.75, 3.05) is 33.4 Å². The molecule has 1 saturated heterocycles. The first-order valence-electron chi connectivity index (χ1n) is 7.90. The second kappa shape index (κ2) is 5.90. The van der Waals surface area contributed by atoms with E-state index in [2.05, 4.69) is 19.7 Å². The number of rotatable bonds is 5. The summed E-state index contributed by atoms with van der Waals surface area (Å²) in [5, 5.41) is 8.86. The summed E-state index contributed by atoms with van der Waals surface area (Å²) in [7, 11) is 1.00. The van der Waals surface area contributed by atoms with Gasteiger partial charge in [0.05, 0.1) is 12.8 Å².